The van der Waals surface area contributed by atoms with E-state index in [1.807, 2.05) is 0 Å². The van der Waals surface area contributed by atoms with E-state index in [-0.39, 0.29) is 6.10 Å². The van der Waals surface area contributed by atoms with Crippen molar-refractivity contribution in [2.45, 2.75) is 33.3 Å². The van der Waals surface area contributed by atoms with Crippen molar-refractivity contribution in [3.8, 4) is 5.75 Å². The molecule has 0 bridgehead atoms. The van der Waals surface area contributed by atoms with E-state index in [0.29, 0.717) is 0 Å². The minimum atomic E-state index is 0.200. The molecular formula is C18H21NO. The molecule has 2 nitrogen and oxygen atoms in total. The number of ether oxygens (including phenoxy) is 1. The molecule has 0 fully saturated rings. The molecule has 20 heavy (non-hydrogen) atoms. The number of fused-ring (bicyclic) bond motifs is 1. The average Bonchev–Trinajstić information content (AvgIpc) is 2.38. The molecule has 3 rings (SSSR count). The second-order valence-corrected chi connectivity index (χ2v) is 5.82. The summed E-state index contributed by atoms with van der Waals surface area (Å²) in [7, 11) is 0. The Morgan fingerprint density at radius 3 is 2.50 bits per heavy atom. The van der Waals surface area contributed by atoms with Crippen LogP contribution in [0.2, 0.25) is 0 Å². The predicted molar refractivity (Wildman–Crippen MR) is 83.7 cm³/mol. The molecule has 1 N–H and O–H groups in total. The van der Waals surface area contributed by atoms with Crippen molar-refractivity contribution < 1.29 is 4.74 Å². The molecule has 1 atom stereocenters. The highest BCUT2D eigenvalue weighted by molar-refractivity contribution is 5.59. The molecule has 0 radical (unpaired) electrons. The fourth-order valence-corrected chi connectivity index (χ4v) is 2.89. The van der Waals surface area contributed by atoms with Gasteiger partial charge < -0.3 is 10.1 Å². The lowest BCUT2D eigenvalue weighted by Gasteiger charge is -2.28. The molecule has 0 saturated heterocycles. The van der Waals surface area contributed by atoms with Crippen LogP contribution in [0.5, 0.6) is 5.75 Å². The normalized spacial score (nSPS) is 17.1. The molecule has 2 aromatic rings. The molecular weight excluding hydrogens is 246 g/mol. The monoisotopic (exact) mass is 267 g/mol. The molecule has 2 heteroatoms. The molecule has 0 amide bonds. The molecule has 104 valence electrons. The van der Waals surface area contributed by atoms with Gasteiger partial charge in [0.1, 0.15) is 11.9 Å². The van der Waals surface area contributed by atoms with E-state index in [1.54, 1.807) is 0 Å². The first kappa shape index (κ1) is 13.0. The molecule has 0 aliphatic carbocycles. The number of aryl methyl sites for hydroxylation is 3. The first-order valence-electron chi connectivity index (χ1n) is 7.18. The largest absolute Gasteiger partial charge is 0.486 e. The van der Waals surface area contributed by atoms with Gasteiger partial charge in [0.05, 0.1) is 12.2 Å². The van der Waals surface area contributed by atoms with E-state index >= 15 is 0 Å². The van der Waals surface area contributed by atoms with Crippen molar-refractivity contribution in [2.24, 2.45) is 0 Å². The first-order valence-corrected chi connectivity index (χ1v) is 7.18. The zero-order valence-corrected chi connectivity index (χ0v) is 12.4. The van der Waals surface area contributed by atoms with E-state index in [1.165, 1.54) is 22.3 Å². The van der Waals surface area contributed by atoms with E-state index < -0.39 is 0 Å². The average molecular weight is 267 g/mol. The van der Waals surface area contributed by atoms with Gasteiger partial charge in [0.25, 0.3) is 0 Å². The highest BCUT2D eigenvalue weighted by atomic mass is 16.5. The van der Waals surface area contributed by atoms with Crippen molar-refractivity contribution >= 4 is 5.69 Å². The van der Waals surface area contributed by atoms with Crippen molar-refractivity contribution in [3.05, 3.63) is 58.7 Å². The van der Waals surface area contributed by atoms with Gasteiger partial charge in [-0.1, -0.05) is 35.4 Å². The van der Waals surface area contributed by atoms with Gasteiger partial charge in [0.15, 0.2) is 0 Å². The minimum Gasteiger partial charge on any atom is -0.486 e. The topological polar surface area (TPSA) is 21.3 Å². The lowest BCUT2D eigenvalue weighted by molar-refractivity contribution is 0.206. The Kier molecular flexibility index (Phi) is 3.39. The summed E-state index contributed by atoms with van der Waals surface area (Å²) in [5.41, 5.74) is 6.36. The van der Waals surface area contributed by atoms with Crippen LogP contribution in [0.1, 0.15) is 22.3 Å². The number of rotatable bonds is 2. The minimum absolute atomic E-state index is 0.200. The standard InChI is InChI=1S/C18H21NO/c1-12-4-5-18-17(9-12)19-11-16(20-18)10-15-7-13(2)6-14(3)8-15/h4-9,16,19H,10-11H2,1-3H3. The molecule has 0 aromatic heterocycles. The fourth-order valence-electron chi connectivity index (χ4n) is 2.89. The van der Waals surface area contributed by atoms with Gasteiger partial charge in [0.2, 0.25) is 0 Å². The Morgan fingerprint density at radius 2 is 1.75 bits per heavy atom. The summed E-state index contributed by atoms with van der Waals surface area (Å²) in [5.74, 6) is 0.969. The summed E-state index contributed by atoms with van der Waals surface area (Å²) in [5, 5.41) is 3.48. The lowest BCUT2D eigenvalue weighted by Crippen LogP contribution is -2.32. The Bertz CT molecular complexity index is 613. The SMILES string of the molecule is Cc1cc(C)cc(CC2CNc3cc(C)ccc3O2)c1. The van der Waals surface area contributed by atoms with Crippen LogP contribution < -0.4 is 10.1 Å². The quantitative estimate of drug-likeness (QED) is 0.887. The second-order valence-electron chi connectivity index (χ2n) is 5.82. The molecule has 1 unspecified atom stereocenters. The Morgan fingerprint density at radius 1 is 1.00 bits per heavy atom. The van der Waals surface area contributed by atoms with Crippen molar-refractivity contribution in [3.63, 3.8) is 0 Å². The van der Waals surface area contributed by atoms with Gasteiger partial charge in [-0.3, -0.25) is 0 Å². The van der Waals surface area contributed by atoms with Crippen molar-refractivity contribution in [1.82, 2.24) is 0 Å². The third-order valence-electron chi connectivity index (χ3n) is 3.69. The van der Waals surface area contributed by atoms with Gasteiger partial charge in [-0.25, -0.2) is 0 Å². The Labute approximate surface area is 120 Å². The van der Waals surface area contributed by atoms with Crippen LogP contribution in [0.15, 0.2) is 36.4 Å². The molecule has 1 heterocycles. The zero-order chi connectivity index (χ0) is 14.1. The maximum atomic E-state index is 6.11. The van der Waals surface area contributed by atoms with Crippen molar-refractivity contribution in [2.75, 3.05) is 11.9 Å². The summed E-state index contributed by atoms with van der Waals surface area (Å²) in [4.78, 5) is 0. The van der Waals surface area contributed by atoms with E-state index in [9.17, 15) is 0 Å². The molecule has 1 aliphatic rings. The highest BCUT2D eigenvalue weighted by Gasteiger charge is 2.19. The number of nitrogens with one attached hydrogen (secondary N) is 1. The summed E-state index contributed by atoms with van der Waals surface area (Å²) in [6.07, 6.45) is 1.15. The first-order chi connectivity index (χ1) is 9.60. The summed E-state index contributed by atoms with van der Waals surface area (Å²) in [6.45, 7) is 7.26. The number of hydrogen-bond donors (Lipinski definition) is 1. The molecule has 2 aromatic carbocycles. The van der Waals surface area contributed by atoms with Gasteiger partial charge in [-0.2, -0.15) is 0 Å². The third-order valence-corrected chi connectivity index (χ3v) is 3.69. The molecule has 0 spiro atoms. The molecule has 0 saturated carbocycles. The number of anilines is 1. The van der Waals surface area contributed by atoms with Crippen LogP contribution in [0, 0.1) is 20.8 Å². The smallest absolute Gasteiger partial charge is 0.142 e. The summed E-state index contributed by atoms with van der Waals surface area (Å²) in [6, 6.07) is 13.0. The lowest BCUT2D eigenvalue weighted by atomic mass is 10.0. The maximum absolute atomic E-state index is 6.11. The van der Waals surface area contributed by atoms with Crippen LogP contribution in [0.3, 0.4) is 0 Å². The summed E-state index contributed by atoms with van der Waals surface area (Å²) >= 11 is 0. The Balaban J connectivity index is 1.75. The predicted octanol–water partition coefficient (Wildman–Crippen LogP) is 4.03. The van der Waals surface area contributed by atoms with E-state index in [2.05, 4.69) is 62.5 Å². The highest BCUT2D eigenvalue weighted by Crippen LogP contribution is 2.30. The summed E-state index contributed by atoms with van der Waals surface area (Å²) < 4.78 is 6.11. The second kappa shape index (κ2) is 5.20. The van der Waals surface area contributed by atoms with Crippen LogP contribution in [-0.4, -0.2) is 12.6 Å². The van der Waals surface area contributed by atoms with Gasteiger partial charge >= 0.3 is 0 Å². The maximum Gasteiger partial charge on any atom is 0.142 e. The van der Waals surface area contributed by atoms with Crippen LogP contribution in [-0.2, 0) is 6.42 Å². The number of benzene rings is 2. The van der Waals surface area contributed by atoms with Crippen LogP contribution in [0.25, 0.3) is 0 Å². The van der Waals surface area contributed by atoms with Crippen LogP contribution in [0.4, 0.5) is 5.69 Å². The molecule has 1 aliphatic heterocycles. The van der Waals surface area contributed by atoms with Gasteiger partial charge in [0, 0.05) is 6.42 Å². The van der Waals surface area contributed by atoms with E-state index in [0.717, 1.165) is 24.4 Å². The van der Waals surface area contributed by atoms with Crippen molar-refractivity contribution in [1.29, 1.82) is 0 Å². The van der Waals surface area contributed by atoms with Gasteiger partial charge in [-0.15, -0.1) is 0 Å². The number of hydrogen-bond acceptors (Lipinski definition) is 2. The van der Waals surface area contributed by atoms with Crippen LogP contribution >= 0.6 is 0 Å². The van der Waals surface area contributed by atoms with Gasteiger partial charge in [-0.05, 0) is 44.0 Å². The van der Waals surface area contributed by atoms with E-state index in [4.69, 9.17) is 4.74 Å². The Hall–Kier alpha value is -1.96. The third kappa shape index (κ3) is 2.79. The fraction of sp³-hybridized carbons (Fsp3) is 0.333. The zero-order valence-electron chi connectivity index (χ0n) is 12.4.